The number of allylic oxidation sites excluding steroid dienone is 2. The number of carbonyl (C=O) groups is 1. The highest BCUT2D eigenvalue weighted by molar-refractivity contribution is 7.80. The van der Waals surface area contributed by atoms with Crippen molar-refractivity contribution in [2.75, 3.05) is 26.4 Å². The van der Waals surface area contributed by atoms with Gasteiger partial charge in [-0.25, -0.2) is 4.18 Å². The summed E-state index contributed by atoms with van der Waals surface area (Å²) in [5.41, 5.74) is 0. The van der Waals surface area contributed by atoms with Crippen molar-refractivity contribution >= 4 is 16.4 Å². The lowest BCUT2D eigenvalue weighted by atomic mass is 9.99. The van der Waals surface area contributed by atoms with E-state index >= 15 is 0 Å². The third-order valence-electron chi connectivity index (χ3n) is 11.1. The van der Waals surface area contributed by atoms with Crippen LogP contribution in [0.3, 0.4) is 0 Å². The SMILES string of the molecule is CCCCC/C=C\CCCCCCCCOCC(COC1OC(CO)C(O)C(OS(=O)(=O)O)C1O)OC(=O)CCCCCCCCCCCCCCCCCCCCC. The van der Waals surface area contributed by atoms with Crippen molar-refractivity contribution in [1.29, 1.82) is 0 Å². The third-order valence-corrected chi connectivity index (χ3v) is 11.6. The molecule has 0 amide bonds. The first-order valence-electron chi connectivity index (χ1n) is 23.9. The molecule has 0 aromatic rings. The zero-order valence-electron chi connectivity index (χ0n) is 37.3. The average Bonchev–Trinajstić information content (AvgIpc) is 3.20. The molecule has 1 heterocycles. The zero-order chi connectivity index (χ0) is 43.2. The number of aliphatic hydroxyl groups is 3. The van der Waals surface area contributed by atoms with Crippen molar-refractivity contribution < 1.29 is 56.2 Å². The Labute approximate surface area is 359 Å². The van der Waals surface area contributed by atoms with E-state index in [-0.39, 0.29) is 19.6 Å². The lowest BCUT2D eigenvalue weighted by Gasteiger charge is -2.41. The van der Waals surface area contributed by atoms with Crippen LogP contribution in [0.1, 0.15) is 213 Å². The quantitative estimate of drug-likeness (QED) is 0.0198. The first-order chi connectivity index (χ1) is 28.6. The van der Waals surface area contributed by atoms with Crippen LogP contribution < -0.4 is 0 Å². The van der Waals surface area contributed by atoms with Gasteiger partial charge in [0.25, 0.3) is 0 Å². The summed E-state index contributed by atoms with van der Waals surface area (Å²) in [7, 11) is -5.06. The second-order valence-corrected chi connectivity index (χ2v) is 17.8. The molecular formula is C46H88O12S. The standard InChI is InChI=1S/C46H88O12S/c1-3-5-7-9-11-13-15-17-18-19-20-21-22-23-25-27-29-31-33-35-42(48)56-40(38-54-36-34-32-30-28-26-24-16-14-12-10-8-6-4-2)39-55-46-44(50)45(58-59(51,52)53)43(49)41(37-47)57-46/h12,14,40-41,43-47,49-50H,3-11,13,15-39H2,1-2H3,(H,51,52,53)/b14-12-. The molecule has 4 N–H and O–H groups in total. The number of carbonyl (C=O) groups excluding carboxylic acids is 1. The smallest absolute Gasteiger partial charge is 0.397 e. The molecule has 1 aliphatic heterocycles. The molecule has 1 fully saturated rings. The Bertz CT molecular complexity index is 1090. The molecule has 12 nitrogen and oxygen atoms in total. The predicted octanol–water partition coefficient (Wildman–Crippen LogP) is 10.2. The normalized spacial score (nSPS) is 20.4. The van der Waals surface area contributed by atoms with Gasteiger partial charge in [0.05, 0.1) is 19.8 Å². The van der Waals surface area contributed by atoms with E-state index in [0.29, 0.717) is 13.0 Å². The van der Waals surface area contributed by atoms with Gasteiger partial charge in [-0.1, -0.05) is 180 Å². The topological polar surface area (TPSA) is 178 Å². The van der Waals surface area contributed by atoms with Crippen LogP contribution in [-0.4, -0.2) is 97.5 Å². The fraction of sp³-hybridized carbons (Fsp3) is 0.935. The number of hydrogen-bond donors (Lipinski definition) is 4. The van der Waals surface area contributed by atoms with Crippen molar-refractivity contribution in [1.82, 2.24) is 0 Å². The van der Waals surface area contributed by atoms with Gasteiger partial charge in [0, 0.05) is 13.0 Å². The second kappa shape index (κ2) is 38.5. The van der Waals surface area contributed by atoms with Crippen molar-refractivity contribution in [3.63, 3.8) is 0 Å². The van der Waals surface area contributed by atoms with Gasteiger partial charge in [-0.15, -0.1) is 0 Å². The second-order valence-electron chi connectivity index (χ2n) is 16.7. The van der Waals surface area contributed by atoms with Crippen LogP contribution in [0, 0.1) is 0 Å². The average molecular weight is 865 g/mol. The third kappa shape index (κ3) is 32.2. The van der Waals surface area contributed by atoms with E-state index in [9.17, 15) is 28.5 Å². The molecule has 350 valence electrons. The highest BCUT2D eigenvalue weighted by Gasteiger charge is 2.48. The van der Waals surface area contributed by atoms with E-state index in [2.05, 4.69) is 30.2 Å². The molecule has 0 saturated carbocycles. The van der Waals surface area contributed by atoms with Gasteiger partial charge in [-0.2, -0.15) is 8.42 Å². The zero-order valence-corrected chi connectivity index (χ0v) is 38.1. The molecule has 0 aromatic heterocycles. The first kappa shape index (κ1) is 55.9. The van der Waals surface area contributed by atoms with Gasteiger partial charge in [0.1, 0.15) is 30.5 Å². The van der Waals surface area contributed by atoms with Crippen LogP contribution in [0.25, 0.3) is 0 Å². The van der Waals surface area contributed by atoms with Gasteiger partial charge in [0.2, 0.25) is 0 Å². The molecule has 1 aliphatic rings. The molecule has 59 heavy (non-hydrogen) atoms. The van der Waals surface area contributed by atoms with E-state index in [0.717, 1.165) is 44.9 Å². The molecule has 0 bridgehead atoms. The summed E-state index contributed by atoms with van der Waals surface area (Å²) in [5, 5.41) is 30.7. The van der Waals surface area contributed by atoms with Crippen molar-refractivity contribution in [2.24, 2.45) is 0 Å². The molecular weight excluding hydrogens is 777 g/mol. The molecule has 6 atom stereocenters. The van der Waals surface area contributed by atoms with E-state index in [1.165, 1.54) is 141 Å². The lowest BCUT2D eigenvalue weighted by molar-refractivity contribution is -0.301. The Balaban J connectivity index is 2.37. The Hall–Kier alpha value is -1.16. The molecule has 0 aromatic carbocycles. The van der Waals surface area contributed by atoms with Crippen LogP contribution in [0.2, 0.25) is 0 Å². The minimum Gasteiger partial charge on any atom is -0.457 e. The number of unbranched alkanes of at least 4 members (excludes halogenated alkanes) is 27. The number of rotatable bonds is 42. The fourth-order valence-corrected chi connectivity index (χ4v) is 8.00. The monoisotopic (exact) mass is 865 g/mol. The van der Waals surface area contributed by atoms with E-state index in [4.69, 9.17) is 23.5 Å². The van der Waals surface area contributed by atoms with Crippen LogP contribution >= 0.6 is 0 Å². The Kier molecular flexibility index (Phi) is 36.5. The summed E-state index contributed by atoms with van der Waals surface area (Å²) in [4.78, 5) is 12.9. The van der Waals surface area contributed by atoms with Gasteiger partial charge in [-0.3, -0.25) is 9.35 Å². The molecule has 1 rings (SSSR count). The lowest BCUT2D eigenvalue weighted by Crippen LogP contribution is -2.60. The van der Waals surface area contributed by atoms with Crippen LogP contribution in [0.5, 0.6) is 0 Å². The fourth-order valence-electron chi connectivity index (χ4n) is 7.49. The highest BCUT2D eigenvalue weighted by atomic mass is 32.3. The Morgan fingerprint density at radius 3 is 1.56 bits per heavy atom. The summed E-state index contributed by atoms with van der Waals surface area (Å²) < 4.78 is 59.1. The highest BCUT2D eigenvalue weighted by Crippen LogP contribution is 2.26. The van der Waals surface area contributed by atoms with Gasteiger partial charge >= 0.3 is 16.4 Å². The van der Waals surface area contributed by atoms with Gasteiger partial charge in [0.15, 0.2) is 6.29 Å². The van der Waals surface area contributed by atoms with Crippen molar-refractivity contribution in [3.05, 3.63) is 12.2 Å². The number of aliphatic hydroxyl groups excluding tert-OH is 3. The minimum atomic E-state index is -5.06. The van der Waals surface area contributed by atoms with E-state index in [1.807, 2.05) is 0 Å². The van der Waals surface area contributed by atoms with E-state index < -0.39 is 59.8 Å². The maximum Gasteiger partial charge on any atom is 0.397 e. The van der Waals surface area contributed by atoms with E-state index in [1.54, 1.807) is 0 Å². The Morgan fingerprint density at radius 1 is 0.627 bits per heavy atom. The summed E-state index contributed by atoms with van der Waals surface area (Å²) >= 11 is 0. The number of hydrogen-bond acceptors (Lipinski definition) is 11. The van der Waals surface area contributed by atoms with Crippen LogP contribution in [0.15, 0.2) is 12.2 Å². The predicted molar refractivity (Wildman–Crippen MR) is 234 cm³/mol. The summed E-state index contributed by atoms with van der Waals surface area (Å²) in [6.45, 7) is 3.99. The van der Waals surface area contributed by atoms with Crippen LogP contribution in [-0.2, 0) is 38.3 Å². The Morgan fingerprint density at radius 2 is 1.07 bits per heavy atom. The molecule has 1 saturated heterocycles. The molecule has 6 unspecified atom stereocenters. The molecule has 0 aliphatic carbocycles. The first-order valence-corrected chi connectivity index (χ1v) is 25.3. The van der Waals surface area contributed by atoms with Gasteiger partial charge < -0.3 is 34.3 Å². The van der Waals surface area contributed by atoms with Crippen molar-refractivity contribution in [2.45, 2.75) is 250 Å². The molecule has 0 spiro atoms. The van der Waals surface area contributed by atoms with Gasteiger partial charge in [-0.05, 0) is 38.5 Å². The maximum atomic E-state index is 12.9. The summed E-state index contributed by atoms with van der Waals surface area (Å²) in [5.74, 6) is -0.397. The van der Waals surface area contributed by atoms with Crippen LogP contribution in [0.4, 0.5) is 0 Å². The molecule has 13 heteroatoms. The number of ether oxygens (including phenoxy) is 4. The summed E-state index contributed by atoms with van der Waals surface area (Å²) in [6, 6.07) is 0. The number of esters is 1. The minimum absolute atomic E-state index is 0.0370. The molecule has 0 radical (unpaired) electrons. The largest absolute Gasteiger partial charge is 0.457 e. The summed E-state index contributed by atoms with van der Waals surface area (Å²) in [6.07, 6.45) is 32.4. The van der Waals surface area contributed by atoms with Crippen molar-refractivity contribution in [3.8, 4) is 0 Å². The maximum absolute atomic E-state index is 12.9.